The van der Waals surface area contributed by atoms with Crippen molar-refractivity contribution in [1.29, 1.82) is 0 Å². The van der Waals surface area contributed by atoms with Crippen LogP contribution in [0.5, 0.6) is 0 Å². The molecule has 1 saturated heterocycles. The van der Waals surface area contributed by atoms with Crippen molar-refractivity contribution in [2.45, 2.75) is 43.8 Å². The molecule has 1 aliphatic carbocycles. The highest BCUT2D eigenvalue weighted by Gasteiger charge is 2.55. The van der Waals surface area contributed by atoms with Crippen LogP contribution >= 0.6 is 0 Å². The molecule has 2 aliphatic rings. The number of aliphatic hydroxyl groups excluding tert-OH is 2. The van der Waals surface area contributed by atoms with Gasteiger partial charge >= 0.3 is 11.9 Å². The minimum Gasteiger partial charge on any atom is -0.454 e. The summed E-state index contributed by atoms with van der Waals surface area (Å²) in [6.07, 6.45) is -3.60. The SMILES string of the molecule is CCCNC12OC(=O)C(O)C(O)C(=O)OC1Cc1ccccc12. The zero-order valence-corrected chi connectivity index (χ0v) is 12.7. The Bertz CT molecular complexity index is 633. The van der Waals surface area contributed by atoms with Crippen molar-refractivity contribution in [1.82, 2.24) is 5.32 Å². The van der Waals surface area contributed by atoms with Crippen LogP contribution in [0.2, 0.25) is 0 Å². The van der Waals surface area contributed by atoms with Crippen LogP contribution in [0.25, 0.3) is 0 Å². The Morgan fingerprint density at radius 1 is 1.22 bits per heavy atom. The van der Waals surface area contributed by atoms with E-state index in [1.54, 1.807) is 12.1 Å². The summed E-state index contributed by atoms with van der Waals surface area (Å²) in [6, 6.07) is 7.31. The number of carbonyl (C=O) groups excluding carboxylic acids is 2. The lowest BCUT2D eigenvalue weighted by Crippen LogP contribution is -2.59. The van der Waals surface area contributed by atoms with Crippen LogP contribution in [0.4, 0.5) is 0 Å². The molecule has 4 atom stereocenters. The van der Waals surface area contributed by atoms with Crippen LogP contribution in [-0.2, 0) is 31.2 Å². The number of hydrogen-bond donors (Lipinski definition) is 3. The van der Waals surface area contributed by atoms with Crippen LogP contribution in [0, 0.1) is 0 Å². The Balaban J connectivity index is 2.07. The molecule has 7 nitrogen and oxygen atoms in total. The van der Waals surface area contributed by atoms with E-state index in [9.17, 15) is 19.8 Å². The maximum atomic E-state index is 12.2. The van der Waals surface area contributed by atoms with E-state index in [0.717, 1.165) is 12.0 Å². The summed E-state index contributed by atoms with van der Waals surface area (Å²) in [7, 11) is 0. The van der Waals surface area contributed by atoms with Crippen molar-refractivity contribution in [3.63, 3.8) is 0 Å². The summed E-state index contributed by atoms with van der Waals surface area (Å²) in [4.78, 5) is 24.1. The number of rotatable bonds is 3. The number of ether oxygens (including phenoxy) is 2. The number of benzene rings is 1. The van der Waals surface area contributed by atoms with Crippen LogP contribution in [0.1, 0.15) is 24.5 Å². The van der Waals surface area contributed by atoms with E-state index in [-0.39, 0.29) is 0 Å². The number of carbonyl (C=O) groups is 2. The molecule has 124 valence electrons. The molecule has 3 N–H and O–H groups in total. The molecule has 0 aromatic heterocycles. The second-order valence-electron chi connectivity index (χ2n) is 5.76. The molecule has 1 aromatic rings. The highest BCUT2D eigenvalue weighted by Crippen LogP contribution is 2.41. The Morgan fingerprint density at radius 3 is 2.65 bits per heavy atom. The summed E-state index contributed by atoms with van der Waals surface area (Å²) in [5.74, 6) is -2.09. The first kappa shape index (κ1) is 15.9. The maximum Gasteiger partial charge on any atom is 0.340 e. The lowest BCUT2D eigenvalue weighted by molar-refractivity contribution is -0.220. The van der Waals surface area contributed by atoms with Gasteiger partial charge in [0.25, 0.3) is 0 Å². The average Bonchev–Trinajstić information content (AvgIpc) is 2.84. The van der Waals surface area contributed by atoms with Gasteiger partial charge in [-0.1, -0.05) is 31.2 Å². The van der Waals surface area contributed by atoms with E-state index in [2.05, 4.69) is 5.32 Å². The van der Waals surface area contributed by atoms with Crippen molar-refractivity contribution < 1.29 is 29.3 Å². The monoisotopic (exact) mass is 321 g/mol. The molecule has 0 bridgehead atoms. The molecule has 4 unspecified atom stereocenters. The largest absolute Gasteiger partial charge is 0.454 e. The number of nitrogens with one attached hydrogen (secondary N) is 1. The van der Waals surface area contributed by atoms with Gasteiger partial charge in [0, 0.05) is 12.0 Å². The molecule has 1 fully saturated rings. The number of aliphatic hydroxyl groups is 2. The highest BCUT2D eigenvalue weighted by molar-refractivity contribution is 5.86. The smallest absolute Gasteiger partial charge is 0.340 e. The van der Waals surface area contributed by atoms with Crippen LogP contribution in [-0.4, -0.2) is 47.0 Å². The molecule has 0 saturated carbocycles. The molecule has 7 heteroatoms. The fourth-order valence-corrected chi connectivity index (χ4v) is 3.07. The first-order valence-corrected chi connectivity index (χ1v) is 7.62. The summed E-state index contributed by atoms with van der Waals surface area (Å²) in [5.41, 5.74) is 0.233. The number of esters is 2. The first-order valence-electron chi connectivity index (χ1n) is 7.62. The molecule has 0 radical (unpaired) electrons. The van der Waals surface area contributed by atoms with E-state index in [1.165, 1.54) is 0 Å². The fraction of sp³-hybridized carbons (Fsp3) is 0.500. The molecule has 0 spiro atoms. The fourth-order valence-electron chi connectivity index (χ4n) is 3.07. The van der Waals surface area contributed by atoms with E-state index in [1.807, 2.05) is 19.1 Å². The second kappa shape index (κ2) is 5.92. The lowest BCUT2D eigenvalue weighted by Gasteiger charge is -2.39. The third-order valence-electron chi connectivity index (χ3n) is 4.22. The summed E-state index contributed by atoms with van der Waals surface area (Å²) in [6.45, 7) is 2.48. The summed E-state index contributed by atoms with van der Waals surface area (Å²) >= 11 is 0. The molecular formula is C16H19NO6. The van der Waals surface area contributed by atoms with Gasteiger partial charge in [-0.3, -0.25) is 5.32 Å². The molecule has 1 aromatic carbocycles. The third kappa shape index (κ3) is 2.50. The predicted molar refractivity (Wildman–Crippen MR) is 78.1 cm³/mol. The third-order valence-corrected chi connectivity index (χ3v) is 4.22. The average molecular weight is 321 g/mol. The van der Waals surface area contributed by atoms with E-state index in [4.69, 9.17) is 9.47 Å². The van der Waals surface area contributed by atoms with Gasteiger partial charge in [-0.2, -0.15) is 0 Å². The topological polar surface area (TPSA) is 105 Å². The Labute approximate surface area is 133 Å². The maximum absolute atomic E-state index is 12.2. The molecule has 3 rings (SSSR count). The molecule has 1 heterocycles. The van der Waals surface area contributed by atoms with E-state index >= 15 is 0 Å². The highest BCUT2D eigenvalue weighted by atomic mass is 16.6. The minimum atomic E-state index is -1.98. The van der Waals surface area contributed by atoms with Gasteiger partial charge in [0.2, 0.25) is 5.72 Å². The van der Waals surface area contributed by atoms with Crippen molar-refractivity contribution in [3.05, 3.63) is 35.4 Å². The normalized spacial score (nSPS) is 33.1. The number of fused-ring (bicyclic) bond motifs is 3. The predicted octanol–water partition coefficient (Wildman–Crippen LogP) is -0.414. The minimum absolute atomic E-state index is 0.356. The van der Waals surface area contributed by atoms with Crippen molar-refractivity contribution >= 4 is 11.9 Å². The molecule has 1 aliphatic heterocycles. The molecule has 0 amide bonds. The van der Waals surface area contributed by atoms with Gasteiger partial charge in [-0.05, 0) is 18.5 Å². The Hall–Kier alpha value is -1.96. The van der Waals surface area contributed by atoms with Gasteiger partial charge in [-0.15, -0.1) is 0 Å². The van der Waals surface area contributed by atoms with E-state index in [0.29, 0.717) is 18.5 Å². The van der Waals surface area contributed by atoms with Crippen molar-refractivity contribution in [2.24, 2.45) is 0 Å². The van der Waals surface area contributed by atoms with Crippen molar-refractivity contribution in [3.8, 4) is 0 Å². The Kier molecular flexibility index (Phi) is 4.09. The summed E-state index contributed by atoms with van der Waals surface area (Å²) in [5, 5.41) is 22.6. The van der Waals surface area contributed by atoms with Gasteiger partial charge in [-0.25, -0.2) is 9.59 Å². The standard InChI is InChI=1S/C16H19NO6/c1-2-7-17-16-10-6-4-3-5-9(10)8-11(16)22-14(20)12(18)13(19)15(21)23-16/h3-6,11-13,17-19H,2,7-8H2,1H3. The van der Waals surface area contributed by atoms with Gasteiger partial charge in [0.05, 0.1) is 0 Å². The molecular weight excluding hydrogens is 302 g/mol. The van der Waals surface area contributed by atoms with Crippen LogP contribution in [0.15, 0.2) is 24.3 Å². The number of hydrogen-bond acceptors (Lipinski definition) is 7. The quantitative estimate of drug-likeness (QED) is 0.650. The van der Waals surface area contributed by atoms with E-state index < -0.39 is 36.0 Å². The lowest BCUT2D eigenvalue weighted by atomic mass is 10.0. The zero-order valence-electron chi connectivity index (χ0n) is 12.7. The zero-order chi connectivity index (χ0) is 16.6. The van der Waals surface area contributed by atoms with Crippen LogP contribution < -0.4 is 5.32 Å². The first-order chi connectivity index (χ1) is 11.0. The van der Waals surface area contributed by atoms with Gasteiger partial charge in [0.15, 0.2) is 18.3 Å². The van der Waals surface area contributed by atoms with Crippen molar-refractivity contribution in [2.75, 3.05) is 6.54 Å². The Morgan fingerprint density at radius 2 is 1.91 bits per heavy atom. The van der Waals surface area contributed by atoms with Gasteiger partial charge in [0.1, 0.15) is 0 Å². The van der Waals surface area contributed by atoms with Crippen LogP contribution in [0.3, 0.4) is 0 Å². The van der Waals surface area contributed by atoms with Gasteiger partial charge < -0.3 is 19.7 Å². The molecule has 23 heavy (non-hydrogen) atoms. The second-order valence-corrected chi connectivity index (χ2v) is 5.76. The summed E-state index contributed by atoms with van der Waals surface area (Å²) < 4.78 is 10.9.